The maximum absolute atomic E-state index is 10.1. The Labute approximate surface area is 85.8 Å². The van der Waals surface area contributed by atoms with Crippen LogP contribution in [0, 0.1) is 19.3 Å². The van der Waals surface area contributed by atoms with Gasteiger partial charge in [0.2, 0.25) is 0 Å². The van der Waals surface area contributed by atoms with Crippen LogP contribution in [0.25, 0.3) is 0 Å². The molecule has 1 unspecified atom stereocenters. The molecule has 0 aliphatic carbocycles. The highest BCUT2D eigenvalue weighted by molar-refractivity contribution is 5.27. The SMILES string of the molecule is C#CCCC(C)(O)c1cccc(C)c1. The van der Waals surface area contributed by atoms with Crippen LogP contribution >= 0.6 is 0 Å². The van der Waals surface area contributed by atoms with Crippen molar-refractivity contribution in [2.24, 2.45) is 0 Å². The first-order chi connectivity index (χ1) is 6.56. The zero-order valence-corrected chi connectivity index (χ0v) is 8.75. The molecule has 1 aromatic carbocycles. The minimum atomic E-state index is -0.807. The van der Waals surface area contributed by atoms with Crippen molar-refractivity contribution in [1.82, 2.24) is 0 Å². The molecule has 0 bridgehead atoms. The Balaban J connectivity index is 2.87. The highest BCUT2D eigenvalue weighted by Crippen LogP contribution is 2.26. The first-order valence-corrected chi connectivity index (χ1v) is 4.79. The fourth-order valence-electron chi connectivity index (χ4n) is 1.44. The maximum atomic E-state index is 10.1. The van der Waals surface area contributed by atoms with Gasteiger partial charge in [-0.25, -0.2) is 0 Å². The molecular weight excluding hydrogens is 172 g/mol. The minimum Gasteiger partial charge on any atom is -0.385 e. The van der Waals surface area contributed by atoms with Gasteiger partial charge in [0, 0.05) is 6.42 Å². The molecule has 0 aliphatic heterocycles. The second-order valence-corrected chi connectivity index (χ2v) is 3.85. The first-order valence-electron chi connectivity index (χ1n) is 4.79. The van der Waals surface area contributed by atoms with Crippen LogP contribution < -0.4 is 0 Å². The molecule has 0 aromatic heterocycles. The van der Waals surface area contributed by atoms with Crippen LogP contribution in [-0.4, -0.2) is 5.11 Å². The molecule has 1 atom stereocenters. The van der Waals surface area contributed by atoms with E-state index in [0.29, 0.717) is 12.8 Å². The molecule has 0 heterocycles. The largest absolute Gasteiger partial charge is 0.385 e. The van der Waals surface area contributed by atoms with Gasteiger partial charge >= 0.3 is 0 Å². The van der Waals surface area contributed by atoms with Crippen LogP contribution in [0.1, 0.15) is 30.9 Å². The molecule has 1 rings (SSSR count). The summed E-state index contributed by atoms with van der Waals surface area (Å²) in [5.41, 5.74) is 1.29. The van der Waals surface area contributed by atoms with Gasteiger partial charge in [0.1, 0.15) is 0 Å². The van der Waals surface area contributed by atoms with E-state index in [1.807, 2.05) is 31.2 Å². The Bertz CT molecular complexity index is 344. The zero-order valence-electron chi connectivity index (χ0n) is 8.75. The zero-order chi connectivity index (χ0) is 10.6. The molecule has 0 aliphatic rings. The van der Waals surface area contributed by atoms with Crippen molar-refractivity contribution in [2.75, 3.05) is 0 Å². The molecule has 0 saturated heterocycles. The molecule has 1 heteroatoms. The van der Waals surface area contributed by atoms with Gasteiger partial charge in [-0.05, 0) is 25.8 Å². The molecule has 0 radical (unpaired) electrons. The van der Waals surface area contributed by atoms with Crippen molar-refractivity contribution >= 4 is 0 Å². The van der Waals surface area contributed by atoms with Gasteiger partial charge in [0.15, 0.2) is 0 Å². The van der Waals surface area contributed by atoms with Gasteiger partial charge in [0.05, 0.1) is 5.60 Å². The van der Waals surface area contributed by atoms with Crippen LogP contribution in [0.5, 0.6) is 0 Å². The van der Waals surface area contributed by atoms with Crippen molar-refractivity contribution in [2.45, 2.75) is 32.3 Å². The Morgan fingerprint density at radius 3 is 2.79 bits per heavy atom. The summed E-state index contributed by atoms with van der Waals surface area (Å²) in [5.74, 6) is 2.55. The summed E-state index contributed by atoms with van der Waals surface area (Å²) in [7, 11) is 0. The Morgan fingerprint density at radius 1 is 1.50 bits per heavy atom. The second-order valence-electron chi connectivity index (χ2n) is 3.85. The third kappa shape index (κ3) is 2.61. The molecule has 14 heavy (non-hydrogen) atoms. The van der Waals surface area contributed by atoms with Gasteiger partial charge in [-0.2, -0.15) is 0 Å². The van der Waals surface area contributed by atoms with Gasteiger partial charge < -0.3 is 5.11 Å². The summed E-state index contributed by atoms with van der Waals surface area (Å²) in [4.78, 5) is 0. The number of aryl methyl sites for hydroxylation is 1. The van der Waals surface area contributed by atoms with E-state index in [-0.39, 0.29) is 0 Å². The molecule has 1 aromatic rings. The summed E-state index contributed by atoms with van der Waals surface area (Å²) in [6, 6.07) is 7.90. The lowest BCUT2D eigenvalue weighted by atomic mass is 9.90. The van der Waals surface area contributed by atoms with Gasteiger partial charge in [0.25, 0.3) is 0 Å². The maximum Gasteiger partial charge on any atom is 0.0877 e. The molecule has 0 spiro atoms. The standard InChI is InChI=1S/C13H16O/c1-4-5-9-13(3,14)12-8-6-7-11(2)10-12/h1,6-8,10,14H,5,9H2,2-3H3. The molecule has 0 saturated carbocycles. The van der Waals surface area contributed by atoms with Crippen molar-refractivity contribution in [3.05, 3.63) is 35.4 Å². The van der Waals surface area contributed by atoms with E-state index in [1.165, 1.54) is 0 Å². The fourth-order valence-corrected chi connectivity index (χ4v) is 1.44. The van der Waals surface area contributed by atoms with Gasteiger partial charge in [-0.15, -0.1) is 12.3 Å². The summed E-state index contributed by atoms with van der Waals surface area (Å²) in [5, 5.41) is 10.1. The van der Waals surface area contributed by atoms with E-state index in [4.69, 9.17) is 6.42 Å². The Hall–Kier alpha value is -1.26. The molecule has 74 valence electrons. The van der Waals surface area contributed by atoms with Crippen LogP contribution in [0.2, 0.25) is 0 Å². The van der Waals surface area contributed by atoms with E-state index in [0.717, 1.165) is 11.1 Å². The van der Waals surface area contributed by atoms with Crippen LogP contribution in [0.15, 0.2) is 24.3 Å². The quantitative estimate of drug-likeness (QED) is 0.723. The third-order valence-electron chi connectivity index (χ3n) is 2.40. The van der Waals surface area contributed by atoms with E-state index < -0.39 is 5.60 Å². The lowest BCUT2D eigenvalue weighted by Gasteiger charge is -2.23. The lowest BCUT2D eigenvalue weighted by Crippen LogP contribution is -2.20. The molecule has 1 nitrogen and oxygen atoms in total. The minimum absolute atomic E-state index is 0.598. The molecule has 0 fully saturated rings. The average molecular weight is 188 g/mol. The normalized spacial score (nSPS) is 14.4. The van der Waals surface area contributed by atoms with Gasteiger partial charge in [-0.1, -0.05) is 29.8 Å². The van der Waals surface area contributed by atoms with E-state index >= 15 is 0 Å². The predicted molar refractivity (Wildman–Crippen MR) is 58.8 cm³/mol. The average Bonchev–Trinajstić information content (AvgIpc) is 2.15. The van der Waals surface area contributed by atoms with Crippen LogP contribution in [0.4, 0.5) is 0 Å². The second kappa shape index (κ2) is 4.30. The number of aliphatic hydroxyl groups is 1. The fraction of sp³-hybridized carbons (Fsp3) is 0.385. The Morgan fingerprint density at radius 2 is 2.21 bits per heavy atom. The number of benzene rings is 1. The third-order valence-corrected chi connectivity index (χ3v) is 2.40. The lowest BCUT2D eigenvalue weighted by molar-refractivity contribution is 0.0493. The highest BCUT2D eigenvalue weighted by atomic mass is 16.3. The summed E-state index contributed by atoms with van der Waals surface area (Å²) < 4.78 is 0. The van der Waals surface area contributed by atoms with Crippen molar-refractivity contribution in [3.63, 3.8) is 0 Å². The molecular formula is C13H16O. The predicted octanol–water partition coefficient (Wildman–Crippen LogP) is 2.62. The summed E-state index contributed by atoms with van der Waals surface area (Å²) in [6.45, 7) is 3.82. The smallest absolute Gasteiger partial charge is 0.0877 e. The number of terminal acetylenes is 1. The van der Waals surface area contributed by atoms with E-state index in [9.17, 15) is 5.11 Å². The monoisotopic (exact) mass is 188 g/mol. The molecule has 1 N–H and O–H groups in total. The van der Waals surface area contributed by atoms with Crippen molar-refractivity contribution < 1.29 is 5.11 Å². The molecule has 0 amide bonds. The van der Waals surface area contributed by atoms with Crippen molar-refractivity contribution in [1.29, 1.82) is 0 Å². The van der Waals surface area contributed by atoms with Gasteiger partial charge in [-0.3, -0.25) is 0 Å². The topological polar surface area (TPSA) is 20.2 Å². The number of rotatable bonds is 3. The van der Waals surface area contributed by atoms with Crippen molar-refractivity contribution in [3.8, 4) is 12.3 Å². The van der Waals surface area contributed by atoms with Crippen LogP contribution in [-0.2, 0) is 5.60 Å². The van der Waals surface area contributed by atoms with Crippen LogP contribution in [0.3, 0.4) is 0 Å². The number of hydrogen-bond acceptors (Lipinski definition) is 1. The summed E-state index contributed by atoms with van der Waals surface area (Å²) >= 11 is 0. The summed E-state index contributed by atoms with van der Waals surface area (Å²) in [6.07, 6.45) is 6.38. The number of hydrogen-bond donors (Lipinski definition) is 1. The highest BCUT2D eigenvalue weighted by Gasteiger charge is 2.21. The first kappa shape index (κ1) is 10.8. The van der Waals surface area contributed by atoms with E-state index in [1.54, 1.807) is 6.92 Å². The Kier molecular flexibility index (Phi) is 3.33. The van der Waals surface area contributed by atoms with E-state index in [2.05, 4.69) is 5.92 Å².